The quantitative estimate of drug-likeness (QED) is 0.566. The maximum atomic E-state index is 5.32. The number of fused-ring (bicyclic) bond motifs is 1. The zero-order valence-electron chi connectivity index (χ0n) is 9.82. The highest BCUT2D eigenvalue weighted by Crippen LogP contribution is 2.32. The number of hydrogen-bond acceptors (Lipinski definition) is 2. The summed E-state index contributed by atoms with van der Waals surface area (Å²) in [6, 6.07) is 5.98. The molecule has 0 spiro atoms. The van der Waals surface area contributed by atoms with E-state index in [1.807, 2.05) is 18.2 Å². The number of benzene rings is 1. The van der Waals surface area contributed by atoms with Crippen molar-refractivity contribution < 1.29 is 9.47 Å². The molecular weight excluding hydrogens is 212 g/mol. The zero-order valence-corrected chi connectivity index (χ0v) is 9.82. The first-order valence-electron chi connectivity index (χ1n) is 5.90. The van der Waals surface area contributed by atoms with Crippen molar-refractivity contribution in [3.8, 4) is 23.8 Å². The molecule has 1 aliphatic rings. The van der Waals surface area contributed by atoms with Gasteiger partial charge in [-0.3, -0.25) is 0 Å². The van der Waals surface area contributed by atoms with Crippen molar-refractivity contribution >= 4 is 6.08 Å². The lowest BCUT2D eigenvalue weighted by Crippen LogP contribution is -1.92. The molecule has 0 radical (unpaired) electrons. The summed E-state index contributed by atoms with van der Waals surface area (Å²) in [6.45, 7) is 0.328. The summed E-state index contributed by atoms with van der Waals surface area (Å²) in [6.07, 6.45) is 13.7. The first-order valence-corrected chi connectivity index (χ1v) is 5.90. The summed E-state index contributed by atoms with van der Waals surface area (Å²) in [5.74, 6) is 4.31. The van der Waals surface area contributed by atoms with E-state index in [0.717, 1.165) is 42.7 Å². The lowest BCUT2D eigenvalue weighted by molar-refractivity contribution is 0.174. The Balaban J connectivity index is 1.83. The van der Waals surface area contributed by atoms with Gasteiger partial charge in [0.1, 0.15) is 0 Å². The molecule has 2 heteroatoms. The van der Waals surface area contributed by atoms with Crippen LogP contribution in [0.3, 0.4) is 0 Å². The van der Waals surface area contributed by atoms with Gasteiger partial charge >= 0.3 is 0 Å². The van der Waals surface area contributed by atoms with Crippen molar-refractivity contribution in [1.29, 1.82) is 0 Å². The molecule has 2 rings (SSSR count). The average Bonchev–Trinajstić information content (AvgIpc) is 2.81. The van der Waals surface area contributed by atoms with Crippen LogP contribution in [0, 0.1) is 12.3 Å². The fourth-order valence-electron chi connectivity index (χ4n) is 1.73. The van der Waals surface area contributed by atoms with E-state index in [1.54, 1.807) is 0 Å². The van der Waals surface area contributed by atoms with Crippen LogP contribution < -0.4 is 9.47 Å². The fourth-order valence-corrected chi connectivity index (χ4v) is 1.73. The van der Waals surface area contributed by atoms with Gasteiger partial charge in [0.15, 0.2) is 11.5 Å². The summed E-state index contributed by atoms with van der Waals surface area (Å²) in [4.78, 5) is 0. The Morgan fingerprint density at radius 3 is 3.00 bits per heavy atom. The summed E-state index contributed by atoms with van der Waals surface area (Å²) in [5.41, 5.74) is 1.14. The molecule has 88 valence electrons. The highest BCUT2D eigenvalue weighted by atomic mass is 16.7. The van der Waals surface area contributed by atoms with Crippen LogP contribution in [0.1, 0.15) is 31.2 Å². The minimum atomic E-state index is 0.328. The third-order valence-electron chi connectivity index (χ3n) is 2.65. The standard InChI is InChI=1S/C15H16O2/c1-2-3-4-5-6-7-8-13-9-10-14-15(11-13)17-12-16-14/h1,7-11H,3-6,12H2/b8-7+. The molecule has 2 nitrogen and oxygen atoms in total. The molecule has 0 N–H and O–H groups in total. The van der Waals surface area contributed by atoms with Crippen LogP contribution >= 0.6 is 0 Å². The Hall–Kier alpha value is -1.88. The maximum Gasteiger partial charge on any atom is 0.231 e. The van der Waals surface area contributed by atoms with Crippen LogP contribution in [-0.2, 0) is 0 Å². The molecule has 0 aliphatic carbocycles. The number of terminal acetylenes is 1. The van der Waals surface area contributed by atoms with E-state index in [9.17, 15) is 0 Å². The van der Waals surface area contributed by atoms with Crippen molar-refractivity contribution in [2.24, 2.45) is 0 Å². The van der Waals surface area contributed by atoms with Crippen molar-refractivity contribution in [2.45, 2.75) is 25.7 Å². The van der Waals surface area contributed by atoms with Gasteiger partial charge in [0.2, 0.25) is 6.79 Å². The van der Waals surface area contributed by atoms with Crippen molar-refractivity contribution in [1.82, 2.24) is 0 Å². The van der Waals surface area contributed by atoms with Crippen molar-refractivity contribution in [3.05, 3.63) is 29.8 Å². The Labute approximate surface area is 102 Å². The molecule has 1 aromatic rings. The van der Waals surface area contributed by atoms with E-state index in [-0.39, 0.29) is 0 Å². The third-order valence-corrected chi connectivity index (χ3v) is 2.65. The van der Waals surface area contributed by atoms with E-state index in [4.69, 9.17) is 15.9 Å². The second-order valence-electron chi connectivity index (χ2n) is 3.96. The highest BCUT2D eigenvalue weighted by Gasteiger charge is 2.11. The van der Waals surface area contributed by atoms with E-state index in [1.165, 1.54) is 0 Å². The van der Waals surface area contributed by atoms with Gasteiger partial charge in [0, 0.05) is 6.42 Å². The molecule has 0 unspecified atom stereocenters. The fraction of sp³-hybridized carbons (Fsp3) is 0.333. The van der Waals surface area contributed by atoms with Gasteiger partial charge < -0.3 is 9.47 Å². The van der Waals surface area contributed by atoms with Crippen molar-refractivity contribution in [3.63, 3.8) is 0 Å². The summed E-state index contributed by atoms with van der Waals surface area (Å²) in [5, 5.41) is 0. The molecule has 0 bridgehead atoms. The minimum absolute atomic E-state index is 0.328. The molecular formula is C15H16O2. The Morgan fingerprint density at radius 2 is 2.12 bits per heavy atom. The molecule has 0 saturated heterocycles. The van der Waals surface area contributed by atoms with Gasteiger partial charge in [0.25, 0.3) is 0 Å². The molecule has 1 aliphatic heterocycles. The Morgan fingerprint density at radius 1 is 1.24 bits per heavy atom. The third kappa shape index (κ3) is 3.29. The lowest BCUT2D eigenvalue weighted by Gasteiger charge is -1.97. The van der Waals surface area contributed by atoms with E-state index >= 15 is 0 Å². The molecule has 1 aromatic carbocycles. The van der Waals surface area contributed by atoms with Crippen LogP contribution in [0.25, 0.3) is 6.08 Å². The molecule has 1 heterocycles. The lowest BCUT2D eigenvalue weighted by atomic mass is 10.1. The van der Waals surface area contributed by atoms with Crippen LogP contribution in [0.2, 0.25) is 0 Å². The van der Waals surface area contributed by atoms with Gasteiger partial charge in [-0.25, -0.2) is 0 Å². The molecule has 0 aromatic heterocycles. The number of unbranched alkanes of at least 4 members (excludes halogenated alkanes) is 3. The van der Waals surface area contributed by atoms with Gasteiger partial charge in [-0.15, -0.1) is 12.3 Å². The normalized spacial score (nSPS) is 12.9. The molecule has 0 amide bonds. The van der Waals surface area contributed by atoms with Gasteiger partial charge in [-0.1, -0.05) is 18.2 Å². The van der Waals surface area contributed by atoms with E-state index < -0.39 is 0 Å². The predicted octanol–water partition coefficient (Wildman–Crippen LogP) is 3.62. The highest BCUT2D eigenvalue weighted by molar-refractivity contribution is 5.56. The first-order chi connectivity index (χ1) is 8.40. The van der Waals surface area contributed by atoms with Gasteiger partial charge in [-0.05, 0) is 37.0 Å². The smallest absolute Gasteiger partial charge is 0.231 e. The minimum Gasteiger partial charge on any atom is -0.454 e. The van der Waals surface area contributed by atoms with Gasteiger partial charge in [-0.2, -0.15) is 0 Å². The second-order valence-corrected chi connectivity index (χ2v) is 3.96. The molecule has 17 heavy (non-hydrogen) atoms. The number of allylic oxidation sites excluding steroid dienone is 1. The Bertz CT molecular complexity index is 441. The summed E-state index contributed by atoms with van der Waals surface area (Å²) in [7, 11) is 0. The zero-order chi connectivity index (χ0) is 11.9. The van der Waals surface area contributed by atoms with Crippen LogP contribution in [0.4, 0.5) is 0 Å². The number of rotatable bonds is 5. The van der Waals surface area contributed by atoms with E-state index in [0.29, 0.717) is 6.79 Å². The molecule has 0 atom stereocenters. The SMILES string of the molecule is C#CCCCC/C=C/c1ccc2c(c1)OCO2. The second kappa shape index (κ2) is 6.00. The summed E-state index contributed by atoms with van der Waals surface area (Å²) >= 11 is 0. The summed E-state index contributed by atoms with van der Waals surface area (Å²) < 4.78 is 10.6. The largest absolute Gasteiger partial charge is 0.454 e. The molecule has 0 fully saturated rings. The topological polar surface area (TPSA) is 18.5 Å². The average molecular weight is 228 g/mol. The molecule has 0 saturated carbocycles. The van der Waals surface area contributed by atoms with Crippen molar-refractivity contribution in [2.75, 3.05) is 6.79 Å². The van der Waals surface area contributed by atoms with Gasteiger partial charge in [0.05, 0.1) is 0 Å². The number of ether oxygens (including phenoxy) is 2. The monoisotopic (exact) mass is 228 g/mol. The number of hydrogen-bond donors (Lipinski definition) is 0. The van der Waals surface area contributed by atoms with E-state index in [2.05, 4.69) is 18.1 Å². The maximum absolute atomic E-state index is 5.32. The Kier molecular flexibility index (Phi) is 4.10. The van der Waals surface area contributed by atoms with Crippen LogP contribution in [0.15, 0.2) is 24.3 Å². The van der Waals surface area contributed by atoms with Crippen LogP contribution in [-0.4, -0.2) is 6.79 Å². The first kappa shape index (κ1) is 11.6. The predicted molar refractivity (Wildman–Crippen MR) is 68.9 cm³/mol. The van der Waals surface area contributed by atoms with Crippen LogP contribution in [0.5, 0.6) is 11.5 Å².